The minimum absolute atomic E-state index is 0.827. The quantitative estimate of drug-likeness (QED) is 0.550. The Morgan fingerprint density at radius 1 is 1.12 bits per heavy atom. The van der Waals surface area contributed by atoms with E-state index in [0.717, 1.165) is 25.2 Å². The molecule has 1 aromatic carbocycles. The molecule has 0 saturated carbocycles. The van der Waals surface area contributed by atoms with E-state index in [1.807, 2.05) is 18.3 Å². The Morgan fingerprint density at radius 2 is 2.00 bits per heavy atom. The fraction of sp³-hybridized carbons (Fsp3) is 0.250. The number of imidazole rings is 1. The summed E-state index contributed by atoms with van der Waals surface area (Å²) in [5.74, 6) is 0. The average Bonchev–Trinajstić information content (AvgIpc) is 3.18. The van der Waals surface area contributed by atoms with Gasteiger partial charge in [-0.2, -0.15) is 0 Å². The largest absolute Gasteiger partial charge is 0.361 e. The van der Waals surface area contributed by atoms with Crippen LogP contribution in [-0.4, -0.2) is 20.9 Å². The van der Waals surface area contributed by atoms with Crippen LogP contribution in [-0.2, 0) is 13.0 Å². The predicted octanol–water partition coefficient (Wildman–Crippen LogP) is 3.76. The van der Waals surface area contributed by atoms with Gasteiger partial charge in [0.05, 0.1) is 11.9 Å². The molecule has 0 unspecified atom stereocenters. The van der Waals surface area contributed by atoms with E-state index in [0.29, 0.717) is 0 Å². The van der Waals surface area contributed by atoms with Crippen molar-refractivity contribution in [3.63, 3.8) is 0 Å². The minimum Gasteiger partial charge on any atom is -0.361 e. The molecule has 3 heterocycles. The molecule has 3 aromatic heterocycles. The lowest BCUT2D eigenvalue weighted by Crippen LogP contribution is -2.18. The van der Waals surface area contributed by atoms with Crippen molar-refractivity contribution in [3.8, 4) is 0 Å². The van der Waals surface area contributed by atoms with Crippen molar-refractivity contribution in [2.24, 2.45) is 0 Å². The van der Waals surface area contributed by atoms with Gasteiger partial charge in [0.15, 0.2) is 0 Å². The number of para-hydroxylation sites is 1. The van der Waals surface area contributed by atoms with Gasteiger partial charge < -0.3 is 14.7 Å². The number of hydrogen-bond donors (Lipinski definition) is 2. The zero-order valence-corrected chi connectivity index (χ0v) is 14.1. The molecule has 122 valence electrons. The fourth-order valence-corrected chi connectivity index (χ4v) is 3.41. The molecule has 0 bridgehead atoms. The molecule has 0 aliphatic carbocycles. The maximum absolute atomic E-state index is 4.48. The molecule has 4 heteroatoms. The summed E-state index contributed by atoms with van der Waals surface area (Å²) in [6.45, 7) is 6.04. The third-order valence-electron chi connectivity index (χ3n) is 4.68. The number of aryl methyl sites for hydroxylation is 2. The highest BCUT2D eigenvalue weighted by atomic mass is 15.0. The van der Waals surface area contributed by atoms with Crippen molar-refractivity contribution >= 4 is 16.6 Å². The standard InChI is InChI=1S/C20H22N4/c1-14-5-3-7-18-16(11-23-20(14)18)9-10-21-12-17-13-22-19-8-4-6-15(2)24(17)19/h3-8,11,13,21,23H,9-10,12H2,1-2H3. The highest BCUT2D eigenvalue weighted by Crippen LogP contribution is 2.21. The molecule has 0 spiro atoms. The van der Waals surface area contributed by atoms with Crippen molar-refractivity contribution in [1.29, 1.82) is 0 Å². The van der Waals surface area contributed by atoms with Crippen molar-refractivity contribution in [3.05, 3.63) is 71.3 Å². The number of aromatic nitrogens is 3. The van der Waals surface area contributed by atoms with Crippen molar-refractivity contribution in [2.45, 2.75) is 26.8 Å². The fourth-order valence-electron chi connectivity index (χ4n) is 3.41. The van der Waals surface area contributed by atoms with E-state index >= 15 is 0 Å². The normalized spacial score (nSPS) is 11.6. The summed E-state index contributed by atoms with van der Waals surface area (Å²) in [4.78, 5) is 7.88. The van der Waals surface area contributed by atoms with Crippen LogP contribution in [0.4, 0.5) is 0 Å². The Balaban J connectivity index is 1.43. The molecule has 0 fully saturated rings. The number of rotatable bonds is 5. The van der Waals surface area contributed by atoms with Crippen LogP contribution in [0.3, 0.4) is 0 Å². The Labute approximate surface area is 141 Å². The van der Waals surface area contributed by atoms with E-state index in [-0.39, 0.29) is 0 Å². The van der Waals surface area contributed by atoms with Crippen LogP contribution in [0.15, 0.2) is 48.8 Å². The van der Waals surface area contributed by atoms with Crippen LogP contribution in [0.5, 0.6) is 0 Å². The molecule has 0 amide bonds. The summed E-state index contributed by atoms with van der Waals surface area (Å²) in [6.07, 6.45) is 5.11. The zero-order chi connectivity index (χ0) is 16.5. The molecule has 0 saturated heterocycles. The summed E-state index contributed by atoms with van der Waals surface area (Å²) in [5, 5.41) is 4.89. The van der Waals surface area contributed by atoms with Crippen LogP contribution < -0.4 is 5.32 Å². The van der Waals surface area contributed by atoms with Gasteiger partial charge in [0.1, 0.15) is 5.65 Å². The highest BCUT2D eigenvalue weighted by Gasteiger charge is 2.07. The monoisotopic (exact) mass is 318 g/mol. The second-order valence-corrected chi connectivity index (χ2v) is 6.35. The van der Waals surface area contributed by atoms with E-state index in [1.54, 1.807) is 0 Å². The smallest absolute Gasteiger partial charge is 0.137 e. The second kappa shape index (κ2) is 6.13. The number of nitrogens with one attached hydrogen (secondary N) is 2. The number of aromatic amines is 1. The molecule has 0 atom stereocenters. The lowest BCUT2D eigenvalue weighted by Gasteiger charge is -2.07. The molecule has 2 N–H and O–H groups in total. The lowest BCUT2D eigenvalue weighted by atomic mass is 10.1. The van der Waals surface area contributed by atoms with Crippen LogP contribution in [0.1, 0.15) is 22.5 Å². The topological polar surface area (TPSA) is 45.1 Å². The summed E-state index contributed by atoms with van der Waals surface area (Å²) < 4.78 is 2.21. The van der Waals surface area contributed by atoms with Gasteiger partial charge in [-0.3, -0.25) is 0 Å². The molecule has 4 aromatic rings. The molecule has 4 rings (SSSR count). The molecule has 0 aliphatic heterocycles. The maximum Gasteiger partial charge on any atom is 0.137 e. The number of hydrogen-bond acceptors (Lipinski definition) is 2. The number of H-pyrrole nitrogens is 1. The van der Waals surface area contributed by atoms with Gasteiger partial charge in [0.25, 0.3) is 0 Å². The first-order valence-electron chi connectivity index (χ1n) is 8.42. The van der Waals surface area contributed by atoms with Gasteiger partial charge >= 0.3 is 0 Å². The molecule has 24 heavy (non-hydrogen) atoms. The molecular weight excluding hydrogens is 296 g/mol. The molecule has 0 aliphatic rings. The number of nitrogens with zero attached hydrogens (tertiary/aromatic N) is 2. The van der Waals surface area contributed by atoms with Gasteiger partial charge in [-0.25, -0.2) is 4.98 Å². The molecule has 0 radical (unpaired) electrons. The zero-order valence-electron chi connectivity index (χ0n) is 14.1. The summed E-state index contributed by atoms with van der Waals surface area (Å²) in [6, 6.07) is 12.7. The minimum atomic E-state index is 0.827. The molecular formula is C20H22N4. The second-order valence-electron chi connectivity index (χ2n) is 6.35. The van der Waals surface area contributed by atoms with Gasteiger partial charge in [-0.1, -0.05) is 24.3 Å². The van der Waals surface area contributed by atoms with Crippen molar-refractivity contribution in [1.82, 2.24) is 19.7 Å². The number of pyridine rings is 1. The Hall–Kier alpha value is -2.59. The van der Waals surface area contributed by atoms with Crippen LogP contribution in [0, 0.1) is 13.8 Å². The third kappa shape index (κ3) is 2.59. The summed E-state index contributed by atoms with van der Waals surface area (Å²) in [5.41, 5.74) is 7.36. The average molecular weight is 318 g/mol. The first-order chi connectivity index (χ1) is 11.7. The van der Waals surface area contributed by atoms with Gasteiger partial charge in [0, 0.05) is 29.3 Å². The van der Waals surface area contributed by atoms with E-state index in [4.69, 9.17) is 0 Å². The van der Waals surface area contributed by atoms with Crippen LogP contribution in [0.2, 0.25) is 0 Å². The first kappa shape index (κ1) is 15.0. The van der Waals surface area contributed by atoms with E-state index in [9.17, 15) is 0 Å². The van der Waals surface area contributed by atoms with Crippen LogP contribution >= 0.6 is 0 Å². The Morgan fingerprint density at radius 3 is 2.92 bits per heavy atom. The first-order valence-corrected chi connectivity index (χ1v) is 8.42. The summed E-state index contributed by atoms with van der Waals surface area (Å²) in [7, 11) is 0. The van der Waals surface area contributed by atoms with E-state index < -0.39 is 0 Å². The summed E-state index contributed by atoms with van der Waals surface area (Å²) >= 11 is 0. The molecule has 4 nitrogen and oxygen atoms in total. The van der Waals surface area contributed by atoms with Crippen molar-refractivity contribution in [2.75, 3.05) is 6.54 Å². The lowest BCUT2D eigenvalue weighted by molar-refractivity contribution is 0.670. The Kier molecular flexibility index (Phi) is 3.82. The van der Waals surface area contributed by atoms with Crippen LogP contribution in [0.25, 0.3) is 16.6 Å². The van der Waals surface area contributed by atoms with Crippen molar-refractivity contribution < 1.29 is 0 Å². The number of benzene rings is 1. The number of fused-ring (bicyclic) bond motifs is 2. The van der Waals surface area contributed by atoms with Gasteiger partial charge in [0.2, 0.25) is 0 Å². The van der Waals surface area contributed by atoms with Gasteiger partial charge in [-0.15, -0.1) is 0 Å². The predicted molar refractivity (Wildman–Crippen MR) is 98.4 cm³/mol. The third-order valence-corrected chi connectivity index (χ3v) is 4.68. The Bertz CT molecular complexity index is 993. The maximum atomic E-state index is 4.48. The van der Waals surface area contributed by atoms with Gasteiger partial charge in [-0.05, 0) is 50.1 Å². The SMILES string of the molecule is Cc1cccc2c(CCNCc3cnc4cccc(C)n34)c[nH]c12. The van der Waals surface area contributed by atoms with E-state index in [1.165, 1.54) is 33.4 Å². The van der Waals surface area contributed by atoms with E-state index in [2.05, 4.69) is 64.0 Å². The highest BCUT2D eigenvalue weighted by molar-refractivity contribution is 5.85.